The van der Waals surface area contributed by atoms with E-state index in [9.17, 15) is 9.59 Å². The van der Waals surface area contributed by atoms with Crippen LogP contribution in [0, 0.1) is 0 Å². The van der Waals surface area contributed by atoms with Crippen molar-refractivity contribution in [3.05, 3.63) is 16.4 Å². The zero-order valence-electron chi connectivity index (χ0n) is 8.20. The van der Waals surface area contributed by atoms with Gasteiger partial charge in [0.2, 0.25) is 11.8 Å². The quantitative estimate of drug-likeness (QED) is 0.709. The van der Waals surface area contributed by atoms with Gasteiger partial charge < -0.3 is 10.1 Å². The standard InChI is InChI=1S/C8H11N3O3/c1-5(12)9-6-4-7(14-3)10-11(2)8(6)13/h4H,1-3H3,(H,9,12). The van der Waals surface area contributed by atoms with E-state index in [-0.39, 0.29) is 23.0 Å². The first-order valence-electron chi connectivity index (χ1n) is 3.94. The van der Waals surface area contributed by atoms with Crippen molar-refractivity contribution in [2.45, 2.75) is 6.92 Å². The third-order valence-corrected chi connectivity index (χ3v) is 1.56. The molecule has 0 aliphatic heterocycles. The van der Waals surface area contributed by atoms with Gasteiger partial charge in [-0.1, -0.05) is 0 Å². The molecule has 1 aromatic heterocycles. The highest BCUT2D eigenvalue weighted by molar-refractivity contribution is 5.88. The van der Waals surface area contributed by atoms with E-state index in [4.69, 9.17) is 4.74 Å². The van der Waals surface area contributed by atoms with Crippen LogP contribution in [0.2, 0.25) is 0 Å². The highest BCUT2D eigenvalue weighted by atomic mass is 16.5. The molecular formula is C8H11N3O3. The van der Waals surface area contributed by atoms with Gasteiger partial charge in [-0.2, -0.15) is 0 Å². The van der Waals surface area contributed by atoms with Crippen molar-refractivity contribution in [3.8, 4) is 5.88 Å². The molecule has 0 spiro atoms. The number of anilines is 1. The summed E-state index contributed by atoms with van der Waals surface area (Å²) in [6.07, 6.45) is 0. The monoisotopic (exact) mass is 197 g/mol. The van der Waals surface area contributed by atoms with Crippen molar-refractivity contribution in [1.82, 2.24) is 9.78 Å². The van der Waals surface area contributed by atoms with Gasteiger partial charge in [0.25, 0.3) is 5.56 Å². The molecule has 0 saturated heterocycles. The Morgan fingerprint density at radius 2 is 2.29 bits per heavy atom. The molecule has 0 aromatic carbocycles. The van der Waals surface area contributed by atoms with Gasteiger partial charge in [0.05, 0.1) is 7.11 Å². The fourth-order valence-corrected chi connectivity index (χ4v) is 0.961. The molecule has 1 aromatic rings. The first kappa shape index (κ1) is 10.2. The van der Waals surface area contributed by atoms with Gasteiger partial charge in [0, 0.05) is 20.0 Å². The molecule has 0 radical (unpaired) electrons. The fourth-order valence-electron chi connectivity index (χ4n) is 0.961. The van der Waals surface area contributed by atoms with Crippen molar-refractivity contribution < 1.29 is 9.53 Å². The van der Waals surface area contributed by atoms with Crippen molar-refractivity contribution in [2.24, 2.45) is 7.05 Å². The van der Waals surface area contributed by atoms with Crippen LogP contribution in [0.3, 0.4) is 0 Å². The average molecular weight is 197 g/mol. The molecule has 1 rings (SSSR count). The summed E-state index contributed by atoms with van der Waals surface area (Å²) in [5.41, 5.74) is -0.215. The van der Waals surface area contributed by atoms with E-state index >= 15 is 0 Å². The minimum Gasteiger partial charge on any atom is -0.480 e. The van der Waals surface area contributed by atoms with Crippen molar-refractivity contribution in [1.29, 1.82) is 0 Å². The number of methoxy groups -OCH3 is 1. The lowest BCUT2D eigenvalue weighted by Gasteiger charge is -2.05. The third-order valence-electron chi connectivity index (χ3n) is 1.56. The van der Waals surface area contributed by atoms with Crippen LogP contribution in [0.25, 0.3) is 0 Å². The Hall–Kier alpha value is -1.85. The summed E-state index contributed by atoms with van der Waals surface area (Å²) in [6.45, 7) is 1.33. The van der Waals surface area contributed by atoms with Gasteiger partial charge in [0.15, 0.2) is 0 Å². The number of amides is 1. The summed E-state index contributed by atoms with van der Waals surface area (Å²) in [5, 5.41) is 6.19. The van der Waals surface area contributed by atoms with E-state index in [1.54, 1.807) is 0 Å². The number of nitrogens with zero attached hydrogens (tertiary/aromatic N) is 2. The number of nitrogens with one attached hydrogen (secondary N) is 1. The number of hydrogen-bond acceptors (Lipinski definition) is 4. The highest BCUT2D eigenvalue weighted by Gasteiger charge is 2.06. The maximum atomic E-state index is 11.4. The summed E-state index contributed by atoms with van der Waals surface area (Å²) in [7, 11) is 2.92. The van der Waals surface area contributed by atoms with Crippen molar-refractivity contribution >= 4 is 11.6 Å². The van der Waals surface area contributed by atoms with Gasteiger partial charge in [-0.25, -0.2) is 4.68 Å². The molecule has 0 atom stereocenters. The number of aromatic nitrogens is 2. The van der Waals surface area contributed by atoms with Crippen LogP contribution in [0.15, 0.2) is 10.9 Å². The maximum absolute atomic E-state index is 11.4. The minimum absolute atomic E-state index is 0.159. The first-order valence-corrected chi connectivity index (χ1v) is 3.94. The molecule has 14 heavy (non-hydrogen) atoms. The number of carbonyl (C=O) groups is 1. The van der Waals surface area contributed by atoms with Gasteiger partial charge in [-0.3, -0.25) is 9.59 Å². The maximum Gasteiger partial charge on any atom is 0.290 e. The molecule has 0 aliphatic carbocycles. The van der Waals surface area contributed by atoms with E-state index in [2.05, 4.69) is 10.4 Å². The average Bonchev–Trinajstić information content (AvgIpc) is 2.11. The molecule has 0 unspecified atom stereocenters. The van der Waals surface area contributed by atoms with E-state index in [0.717, 1.165) is 4.68 Å². The van der Waals surface area contributed by atoms with Crippen LogP contribution in [-0.2, 0) is 11.8 Å². The smallest absolute Gasteiger partial charge is 0.290 e. The van der Waals surface area contributed by atoms with Crippen molar-refractivity contribution in [3.63, 3.8) is 0 Å². The largest absolute Gasteiger partial charge is 0.480 e. The summed E-state index contributed by atoms with van der Waals surface area (Å²) < 4.78 is 5.95. The number of aryl methyl sites for hydroxylation is 1. The van der Waals surface area contributed by atoms with E-state index < -0.39 is 0 Å². The fraction of sp³-hybridized carbons (Fsp3) is 0.375. The van der Waals surface area contributed by atoms with Gasteiger partial charge >= 0.3 is 0 Å². The number of hydrogen-bond donors (Lipinski definition) is 1. The second kappa shape index (κ2) is 3.91. The van der Waals surface area contributed by atoms with Crippen LogP contribution in [0.5, 0.6) is 5.88 Å². The Labute approximate surface area is 80.5 Å². The zero-order valence-corrected chi connectivity index (χ0v) is 8.20. The molecule has 76 valence electrons. The van der Waals surface area contributed by atoms with Gasteiger partial charge in [-0.15, -0.1) is 5.10 Å². The molecular weight excluding hydrogens is 186 g/mol. The second-order valence-corrected chi connectivity index (χ2v) is 2.71. The Morgan fingerprint density at radius 1 is 1.64 bits per heavy atom. The highest BCUT2D eigenvalue weighted by Crippen LogP contribution is 2.08. The lowest BCUT2D eigenvalue weighted by atomic mass is 10.4. The van der Waals surface area contributed by atoms with Crippen LogP contribution in [-0.4, -0.2) is 22.8 Å². The lowest BCUT2D eigenvalue weighted by molar-refractivity contribution is -0.114. The Balaban J connectivity index is 3.20. The molecule has 0 fully saturated rings. The van der Waals surface area contributed by atoms with Gasteiger partial charge in [0.1, 0.15) is 5.69 Å². The zero-order chi connectivity index (χ0) is 10.7. The second-order valence-electron chi connectivity index (χ2n) is 2.71. The Bertz CT molecular complexity index is 411. The predicted molar refractivity (Wildman–Crippen MR) is 50.3 cm³/mol. The van der Waals surface area contributed by atoms with E-state index in [0.29, 0.717) is 0 Å². The molecule has 6 nitrogen and oxygen atoms in total. The molecule has 6 heteroatoms. The first-order chi connectivity index (χ1) is 6.54. The normalized spacial score (nSPS) is 9.64. The van der Waals surface area contributed by atoms with Crippen LogP contribution in [0.4, 0.5) is 5.69 Å². The van der Waals surface area contributed by atoms with E-state index in [1.807, 2.05) is 0 Å². The van der Waals surface area contributed by atoms with Crippen LogP contribution in [0.1, 0.15) is 6.92 Å². The number of carbonyl (C=O) groups excluding carboxylic acids is 1. The summed E-state index contributed by atoms with van der Waals surface area (Å²) in [5.74, 6) is -0.0359. The lowest BCUT2D eigenvalue weighted by Crippen LogP contribution is -2.25. The summed E-state index contributed by atoms with van der Waals surface area (Å²) in [4.78, 5) is 22.2. The third kappa shape index (κ3) is 2.09. The SMILES string of the molecule is COc1cc(NC(C)=O)c(=O)n(C)n1. The summed E-state index contributed by atoms with van der Waals surface area (Å²) in [6, 6.07) is 1.38. The minimum atomic E-state index is -0.374. The Morgan fingerprint density at radius 3 is 2.79 bits per heavy atom. The molecule has 1 heterocycles. The number of rotatable bonds is 2. The number of ether oxygens (including phenoxy) is 1. The molecule has 1 N–H and O–H groups in total. The molecule has 0 aliphatic rings. The predicted octanol–water partition coefficient (Wildman–Crippen LogP) is -0.253. The topological polar surface area (TPSA) is 73.2 Å². The van der Waals surface area contributed by atoms with E-state index in [1.165, 1.54) is 27.1 Å². The molecule has 1 amide bonds. The van der Waals surface area contributed by atoms with Gasteiger partial charge in [-0.05, 0) is 0 Å². The molecule has 0 bridgehead atoms. The van der Waals surface area contributed by atoms with Crippen LogP contribution < -0.4 is 15.6 Å². The summed E-state index contributed by atoms with van der Waals surface area (Å²) >= 11 is 0. The molecule has 0 saturated carbocycles. The Kier molecular flexibility index (Phi) is 2.85. The van der Waals surface area contributed by atoms with Crippen LogP contribution >= 0.6 is 0 Å². The van der Waals surface area contributed by atoms with Crippen molar-refractivity contribution in [2.75, 3.05) is 12.4 Å².